The van der Waals surface area contributed by atoms with E-state index in [-0.39, 0.29) is 5.92 Å². The lowest BCUT2D eigenvalue weighted by Gasteiger charge is -2.08. The zero-order valence-electron chi connectivity index (χ0n) is 10.7. The Labute approximate surface area is 103 Å². The number of aliphatic carboxylic acids is 1. The number of carboxylic acids is 1. The Balaban J connectivity index is 2.08. The van der Waals surface area contributed by atoms with Gasteiger partial charge in [0.15, 0.2) is 0 Å². The minimum absolute atomic E-state index is 0.202. The maximum atomic E-state index is 11.1. The quantitative estimate of drug-likeness (QED) is 0.863. The van der Waals surface area contributed by atoms with Gasteiger partial charge in [-0.1, -0.05) is 38.1 Å². The predicted molar refractivity (Wildman–Crippen MR) is 68.1 cm³/mol. The molecule has 1 aromatic carbocycles. The van der Waals surface area contributed by atoms with Crippen molar-refractivity contribution in [1.82, 2.24) is 0 Å². The maximum Gasteiger partial charge on any atom is 0.309 e. The van der Waals surface area contributed by atoms with Crippen molar-refractivity contribution in [2.45, 2.75) is 39.5 Å². The van der Waals surface area contributed by atoms with E-state index in [0.29, 0.717) is 5.92 Å². The first kappa shape index (κ1) is 12.2. The maximum absolute atomic E-state index is 11.1. The molecule has 0 saturated heterocycles. The lowest BCUT2D eigenvalue weighted by molar-refractivity contribution is -0.142. The summed E-state index contributed by atoms with van der Waals surface area (Å²) in [5, 5.41) is 9.12. The first-order chi connectivity index (χ1) is 7.93. The fraction of sp³-hybridized carbons (Fsp3) is 0.533. The molecule has 1 N–H and O–H groups in total. The van der Waals surface area contributed by atoms with E-state index in [1.807, 2.05) is 6.92 Å². The summed E-state index contributed by atoms with van der Waals surface area (Å²) in [7, 11) is 0. The van der Waals surface area contributed by atoms with Gasteiger partial charge in [-0.2, -0.15) is 0 Å². The third kappa shape index (κ3) is 2.36. The van der Waals surface area contributed by atoms with Crippen molar-refractivity contribution in [3.63, 3.8) is 0 Å². The summed E-state index contributed by atoms with van der Waals surface area (Å²) in [6.45, 7) is 6.24. The van der Waals surface area contributed by atoms with E-state index in [4.69, 9.17) is 5.11 Å². The number of rotatable bonds is 4. The van der Waals surface area contributed by atoms with E-state index in [2.05, 4.69) is 38.1 Å². The molecule has 0 bridgehead atoms. The second kappa shape index (κ2) is 4.17. The van der Waals surface area contributed by atoms with Gasteiger partial charge < -0.3 is 5.11 Å². The summed E-state index contributed by atoms with van der Waals surface area (Å²) in [5.74, 6) is 0.188. The normalized spacial score (nSPS) is 27.2. The van der Waals surface area contributed by atoms with E-state index in [0.717, 1.165) is 12.8 Å². The van der Waals surface area contributed by atoms with Gasteiger partial charge in [0.2, 0.25) is 0 Å². The highest BCUT2D eigenvalue weighted by molar-refractivity contribution is 5.80. The molecule has 2 heteroatoms. The van der Waals surface area contributed by atoms with Crippen LogP contribution in [-0.4, -0.2) is 11.1 Å². The summed E-state index contributed by atoms with van der Waals surface area (Å²) in [5.41, 5.74) is 1.98. The van der Waals surface area contributed by atoms with Crippen LogP contribution in [0.25, 0.3) is 0 Å². The topological polar surface area (TPSA) is 37.3 Å². The van der Waals surface area contributed by atoms with Crippen molar-refractivity contribution in [3.05, 3.63) is 35.4 Å². The molecule has 1 fully saturated rings. The number of hydrogen-bond donors (Lipinski definition) is 1. The van der Waals surface area contributed by atoms with Crippen LogP contribution in [0.15, 0.2) is 24.3 Å². The van der Waals surface area contributed by atoms with Crippen LogP contribution in [0.2, 0.25) is 0 Å². The van der Waals surface area contributed by atoms with Gasteiger partial charge in [-0.25, -0.2) is 0 Å². The van der Waals surface area contributed by atoms with Crippen molar-refractivity contribution in [3.8, 4) is 0 Å². The summed E-state index contributed by atoms with van der Waals surface area (Å²) in [6.07, 6.45) is 1.85. The van der Waals surface area contributed by atoms with E-state index in [1.54, 1.807) is 0 Å². The minimum Gasteiger partial charge on any atom is -0.481 e. The van der Waals surface area contributed by atoms with Crippen molar-refractivity contribution in [2.24, 2.45) is 11.3 Å². The van der Waals surface area contributed by atoms with E-state index < -0.39 is 11.4 Å². The van der Waals surface area contributed by atoms with E-state index in [9.17, 15) is 4.79 Å². The summed E-state index contributed by atoms with van der Waals surface area (Å²) >= 11 is 0. The molecular weight excluding hydrogens is 212 g/mol. The van der Waals surface area contributed by atoms with Crippen LogP contribution in [0.3, 0.4) is 0 Å². The average molecular weight is 232 g/mol. The zero-order valence-corrected chi connectivity index (χ0v) is 10.7. The van der Waals surface area contributed by atoms with Gasteiger partial charge in [0.25, 0.3) is 0 Å². The van der Waals surface area contributed by atoms with Crippen LogP contribution in [0, 0.1) is 11.3 Å². The average Bonchev–Trinajstić information content (AvgIpc) is 2.93. The highest BCUT2D eigenvalue weighted by Gasteiger charge is 2.56. The number of carbonyl (C=O) groups is 1. The lowest BCUT2D eigenvalue weighted by Crippen LogP contribution is -2.12. The van der Waals surface area contributed by atoms with Crippen LogP contribution in [0.1, 0.15) is 44.2 Å². The Morgan fingerprint density at radius 2 is 2.00 bits per heavy atom. The number of benzene rings is 1. The van der Waals surface area contributed by atoms with Crippen LogP contribution >= 0.6 is 0 Å². The molecule has 1 saturated carbocycles. The molecule has 2 nitrogen and oxygen atoms in total. The standard InChI is InChI=1S/C15H20O2/c1-10(2)8-11-4-6-12(7-5-11)13-9-15(13,3)14(16)17/h4-7,10,13H,8-9H2,1-3H3,(H,16,17)/t13-,15+/m0/s1. The molecule has 0 radical (unpaired) electrons. The van der Waals surface area contributed by atoms with Crippen LogP contribution in [0.4, 0.5) is 0 Å². The van der Waals surface area contributed by atoms with E-state index >= 15 is 0 Å². The number of hydrogen-bond acceptors (Lipinski definition) is 1. The van der Waals surface area contributed by atoms with E-state index in [1.165, 1.54) is 11.1 Å². The van der Waals surface area contributed by atoms with Crippen molar-refractivity contribution in [1.29, 1.82) is 0 Å². The summed E-state index contributed by atoms with van der Waals surface area (Å²) in [6, 6.07) is 8.46. The van der Waals surface area contributed by atoms with Gasteiger partial charge >= 0.3 is 5.97 Å². The summed E-state index contributed by atoms with van der Waals surface area (Å²) < 4.78 is 0. The molecule has 0 aliphatic heterocycles. The fourth-order valence-electron chi connectivity index (χ4n) is 2.44. The van der Waals surface area contributed by atoms with Crippen molar-refractivity contribution >= 4 is 5.97 Å². The Morgan fingerprint density at radius 3 is 2.41 bits per heavy atom. The molecule has 0 heterocycles. The molecule has 1 aliphatic rings. The second-order valence-electron chi connectivity index (χ2n) is 5.82. The molecule has 0 unspecified atom stereocenters. The Hall–Kier alpha value is -1.31. The predicted octanol–water partition coefficient (Wildman–Crippen LogP) is 3.46. The second-order valence-corrected chi connectivity index (χ2v) is 5.82. The van der Waals surface area contributed by atoms with Gasteiger partial charge in [0.1, 0.15) is 0 Å². The van der Waals surface area contributed by atoms with Gasteiger partial charge in [0, 0.05) is 5.92 Å². The largest absolute Gasteiger partial charge is 0.481 e. The first-order valence-corrected chi connectivity index (χ1v) is 6.25. The SMILES string of the molecule is CC(C)Cc1ccc([C@@H]2C[C@@]2(C)C(=O)O)cc1. The highest BCUT2D eigenvalue weighted by atomic mass is 16.4. The van der Waals surface area contributed by atoms with Crippen LogP contribution in [-0.2, 0) is 11.2 Å². The molecule has 0 aromatic heterocycles. The van der Waals surface area contributed by atoms with Gasteiger partial charge in [-0.3, -0.25) is 4.79 Å². The molecule has 2 rings (SSSR count). The van der Waals surface area contributed by atoms with Gasteiger partial charge in [-0.15, -0.1) is 0 Å². The Morgan fingerprint density at radius 1 is 1.41 bits per heavy atom. The van der Waals surface area contributed by atoms with Crippen LogP contribution in [0.5, 0.6) is 0 Å². The first-order valence-electron chi connectivity index (χ1n) is 6.25. The smallest absolute Gasteiger partial charge is 0.309 e. The van der Waals surface area contributed by atoms with Crippen molar-refractivity contribution < 1.29 is 9.90 Å². The van der Waals surface area contributed by atoms with Crippen molar-refractivity contribution in [2.75, 3.05) is 0 Å². The van der Waals surface area contributed by atoms with Gasteiger partial charge in [0.05, 0.1) is 5.41 Å². The van der Waals surface area contributed by atoms with Gasteiger partial charge in [-0.05, 0) is 36.8 Å². The van der Waals surface area contributed by atoms with Crippen LogP contribution < -0.4 is 0 Å². The highest BCUT2D eigenvalue weighted by Crippen LogP contribution is 2.59. The monoisotopic (exact) mass is 232 g/mol. The molecule has 0 spiro atoms. The Kier molecular flexibility index (Phi) is 2.98. The third-order valence-electron chi connectivity index (χ3n) is 3.75. The minimum atomic E-state index is -0.672. The molecule has 1 aliphatic carbocycles. The molecular formula is C15H20O2. The Bertz CT molecular complexity index is 419. The molecule has 2 atom stereocenters. The molecule has 1 aromatic rings. The molecule has 92 valence electrons. The third-order valence-corrected chi connectivity index (χ3v) is 3.75. The lowest BCUT2D eigenvalue weighted by atomic mass is 9.97. The molecule has 17 heavy (non-hydrogen) atoms. The zero-order chi connectivity index (χ0) is 12.6. The fourth-order valence-corrected chi connectivity index (χ4v) is 2.44. The molecule has 0 amide bonds. The summed E-state index contributed by atoms with van der Waals surface area (Å²) in [4.78, 5) is 11.1. The number of carboxylic acid groups (broad SMARTS) is 1.